The number of hydrogen-bond acceptors (Lipinski definition) is 5. The quantitative estimate of drug-likeness (QED) is 0.421. The summed E-state index contributed by atoms with van der Waals surface area (Å²) in [6.45, 7) is 4.56. The first-order chi connectivity index (χ1) is 14.5. The Morgan fingerprint density at radius 2 is 2.13 bits per heavy atom. The molecule has 1 atom stereocenters. The van der Waals surface area contributed by atoms with Gasteiger partial charge in [-0.25, -0.2) is 4.98 Å². The third-order valence-corrected chi connectivity index (χ3v) is 6.94. The highest BCUT2D eigenvalue weighted by Gasteiger charge is 2.34. The topological polar surface area (TPSA) is 69.0 Å². The maximum Gasteiger partial charge on any atom is 0.226 e. The highest BCUT2D eigenvalue weighted by molar-refractivity contribution is 9.10. The number of fused-ring (bicyclic) bond motifs is 2. The van der Waals surface area contributed by atoms with Crippen LogP contribution in [0.2, 0.25) is 0 Å². The van der Waals surface area contributed by atoms with Crippen molar-refractivity contribution in [1.82, 2.24) is 14.8 Å². The predicted molar refractivity (Wildman–Crippen MR) is 122 cm³/mol. The lowest BCUT2D eigenvalue weighted by molar-refractivity contribution is -0.116. The Morgan fingerprint density at radius 1 is 1.30 bits per heavy atom. The zero-order chi connectivity index (χ0) is 20.8. The summed E-state index contributed by atoms with van der Waals surface area (Å²) in [5.74, 6) is 1.44. The Bertz CT molecular complexity index is 1280. The van der Waals surface area contributed by atoms with E-state index in [1.807, 2.05) is 50.2 Å². The number of ether oxygens (including phenoxy) is 1. The minimum Gasteiger partial charge on any atom is -0.494 e. The molecule has 2 aromatic carbocycles. The van der Waals surface area contributed by atoms with Crippen LogP contribution in [0.25, 0.3) is 15.3 Å². The minimum atomic E-state index is -0.0583. The van der Waals surface area contributed by atoms with Crippen molar-refractivity contribution >= 4 is 49.2 Å². The van der Waals surface area contributed by atoms with Crippen molar-refractivity contribution in [3.05, 3.63) is 63.8 Å². The van der Waals surface area contributed by atoms with E-state index < -0.39 is 0 Å². The number of nitrogens with one attached hydrogen (secondary N) is 1. The van der Waals surface area contributed by atoms with Gasteiger partial charge in [-0.05, 0) is 43.7 Å². The number of benzene rings is 2. The summed E-state index contributed by atoms with van der Waals surface area (Å²) in [7, 11) is 0. The molecule has 1 aliphatic rings. The molecule has 4 aromatic rings. The van der Waals surface area contributed by atoms with Crippen LogP contribution in [0, 0.1) is 6.92 Å². The zero-order valence-electron chi connectivity index (χ0n) is 16.5. The van der Waals surface area contributed by atoms with Crippen LogP contribution in [-0.2, 0) is 4.79 Å². The van der Waals surface area contributed by atoms with Gasteiger partial charge in [-0.3, -0.25) is 4.79 Å². The third kappa shape index (κ3) is 3.20. The van der Waals surface area contributed by atoms with Gasteiger partial charge in [0.05, 0.1) is 22.5 Å². The number of halogens is 1. The number of amides is 1. The molecule has 0 saturated heterocycles. The second-order valence-electron chi connectivity index (χ2n) is 7.14. The normalized spacial score (nSPS) is 15.8. The van der Waals surface area contributed by atoms with Crippen molar-refractivity contribution in [1.29, 1.82) is 0 Å². The first-order valence-electron chi connectivity index (χ1n) is 9.72. The van der Waals surface area contributed by atoms with E-state index in [1.54, 1.807) is 4.68 Å². The Kier molecular flexibility index (Phi) is 4.83. The molecule has 0 bridgehead atoms. The number of anilines is 1. The van der Waals surface area contributed by atoms with E-state index in [1.165, 1.54) is 11.3 Å². The lowest BCUT2D eigenvalue weighted by atomic mass is 9.86. The largest absolute Gasteiger partial charge is 0.494 e. The van der Waals surface area contributed by atoms with Crippen molar-refractivity contribution in [2.24, 2.45) is 0 Å². The fraction of sp³-hybridized carbons (Fsp3) is 0.227. The maximum atomic E-state index is 12.6. The molecule has 30 heavy (non-hydrogen) atoms. The van der Waals surface area contributed by atoms with Gasteiger partial charge in [-0.2, -0.15) is 9.78 Å². The SMILES string of the molecule is CCOc1ccc2nc(-n3nc(C)c4c3NC(=O)C[C@@H]4c3ccccc3Br)sc2c1. The van der Waals surface area contributed by atoms with E-state index in [4.69, 9.17) is 14.8 Å². The molecular formula is C22H19BrN4O2S. The van der Waals surface area contributed by atoms with E-state index in [-0.39, 0.29) is 11.8 Å². The number of thiazole rings is 1. The predicted octanol–water partition coefficient (Wildman–Crippen LogP) is 5.43. The molecule has 8 heteroatoms. The molecule has 1 N–H and O–H groups in total. The van der Waals surface area contributed by atoms with Crippen LogP contribution in [0.15, 0.2) is 46.9 Å². The van der Waals surface area contributed by atoms with Crippen LogP contribution >= 0.6 is 27.3 Å². The van der Waals surface area contributed by atoms with Gasteiger partial charge in [-0.1, -0.05) is 45.5 Å². The van der Waals surface area contributed by atoms with E-state index in [0.717, 1.165) is 42.4 Å². The number of carbonyl (C=O) groups is 1. The van der Waals surface area contributed by atoms with Crippen LogP contribution in [0.5, 0.6) is 5.75 Å². The number of hydrogen-bond donors (Lipinski definition) is 1. The minimum absolute atomic E-state index is 0.0239. The second kappa shape index (κ2) is 7.52. The molecule has 5 rings (SSSR count). The molecule has 0 aliphatic carbocycles. The van der Waals surface area contributed by atoms with Gasteiger partial charge < -0.3 is 10.1 Å². The van der Waals surface area contributed by atoms with Crippen LogP contribution in [-0.4, -0.2) is 27.3 Å². The number of rotatable bonds is 4. The van der Waals surface area contributed by atoms with Gasteiger partial charge >= 0.3 is 0 Å². The average molecular weight is 483 g/mol. The molecule has 152 valence electrons. The molecule has 0 unspecified atom stereocenters. The van der Waals surface area contributed by atoms with Crippen LogP contribution in [0.3, 0.4) is 0 Å². The van der Waals surface area contributed by atoms with Crippen molar-refractivity contribution < 1.29 is 9.53 Å². The van der Waals surface area contributed by atoms with Gasteiger partial charge in [0.1, 0.15) is 11.6 Å². The summed E-state index contributed by atoms with van der Waals surface area (Å²) >= 11 is 5.17. The van der Waals surface area contributed by atoms with Gasteiger partial charge in [-0.15, -0.1) is 0 Å². The lowest BCUT2D eigenvalue weighted by Gasteiger charge is -2.24. The fourth-order valence-electron chi connectivity index (χ4n) is 3.95. The molecule has 0 radical (unpaired) electrons. The molecule has 1 aliphatic heterocycles. The maximum absolute atomic E-state index is 12.6. The Labute approximate surface area is 186 Å². The number of carbonyl (C=O) groups excluding carboxylic acids is 1. The van der Waals surface area contributed by atoms with E-state index >= 15 is 0 Å². The van der Waals surface area contributed by atoms with E-state index in [0.29, 0.717) is 18.8 Å². The van der Waals surface area contributed by atoms with Crippen LogP contribution in [0.4, 0.5) is 5.82 Å². The highest BCUT2D eigenvalue weighted by Crippen LogP contribution is 2.43. The van der Waals surface area contributed by atoms with Gasteiger partial charge in [0, 0.05) is 22.4 Å². The molecular weight excluding hydrogens is 464 g/mol. The summed E-state index contributed by atoms with van der Waals surface area (Å²) in [5.41, 5.74) is 3.89. The Morgan fingerprint density at radius 3 is 2.93 bits per heavy atom. The van der Waals surface area contributed by atoms with Gasteiger partial charge in [0.15, 0.2) is 0 Å². The van der Waals surface area contributed by atoms with Crippen molar-refractivity contribution in [2.45, 2.75) is 26.2 Å². The smallest absolute Gasteiger partial charge is 0.226 e. The summed E-state index contributed by atoms with van der Waals surface area (Å²) in [6.07, 6.45) is 0.389. The molecule has 2 aromatic heterocycles. The monoisotopic (exact) mass is 482 g/mol. The summed E-state index contributed by atoms with van der Waals surface area (Å²) in [5, 5.41) is 8.51. The van der Waals surface area contributed by atoms with Crippen molar-refractivity contribution in [3.8, 4) is 10.9 Å². The van der Waals surface area contributed by atoms with Gasteiger partial charge in [0.25, 0.3) is 0 Å². The van der Waals surface area contributed by atoms with Crippen molar-refractivity contribution in [3.63, 3.8) is 0 Å². The summed E-state index contributed by atoms with van der Waals surface area (Å²) in [4.78, 5) is 17.4. The number of aromatic nitrogens is 3. The third-order valence-electron chi connectivity index (χ3n) is 5.22. The van der Waals surface area contributed by atoms with Gasteiger partial charge in [0.2, 0.25) is 11.0 Å². The number of aryl methyl sites for hydroxylation is 1. The standard InChI is InChI=1S/C22H19BrN4O2S/c1-3-29-13-8-9-17-18(10-13)30-22(24-17)27-21-20(12(2)26-27)15(11-19(28)25-21)14-6-4-5-7-16(14)23/h4-10,15H,3,11H2,1-2H3,(H,25,28)/t15-/m1/s1. The summed E-state index contributed by atoms with van der Waals surface area (Å²) < 4.78 is 9.38. The molecule has 0 saturated carbocycles. The first kappa shape index (κ1) is 19.3. The average Bonchev–Trinajstić information content (AvgIpc) is 3.28. The molecule has 3 heterocycles. The molecule has 0 fully saturated rings. The van der Waals surface area contributed by atoms with E-state index in [9.17, 15) is 4.79 Å². The second-order valence-corrected chi connectivity index (χ2v) is 9.01. The molecule has 6 nitrogen and oxygen atoms in total. The highest BCUT2D eigenvalue weighted by atomic mass is 79.9. The first-order valence-corrected chi connectivity index (χ1v) is 11.3. The van der Waals surface area contributed by atoms with Crippen LogP contribution in [0.1, 0.15) is 36.1 Å². The Balaban J connectivity index is 1.64. The zero-order valence-corrected chi connectivity index (χ0v) is 18.9. The van der Waals surface area contributed by atoms with Crippen molar-refractivity contribution in [2.75, 3.05) is 11.9 Å². The Hall–Kier alpha value is -2.71. The molecule has 0 spiro atoms. The molecule has 1 amide bonds. The lowest BCUT2D eigenvalue weighted by Crippen LogP contribution is -2.25. The van der Waals surface area contributed by atoms with Crippen LogP contribution < -0.4 is 10.1 Å². The number of nitrogens with zero attached hydrogens (tertiary/aromatic N) is 3. The fourth-order valence-corrected chi connectivity index (χ4v) is 5.46. The van der Waals surface area contributed by atoms with E-state index in [2.05, 4.69) is 27.3 Å². The summed E-state index contributed by atoms with van der Waals surface area (Å²) in [6, 6.07) is 13.9.